The molecule has 0 bridgehead atoms. The lowest BCUT2D eigenvalue weighted by atomic mass is 10.1. The molecule has 1 unspecified atom stereocenters. The summed E-state index contributed by atoms with van der Waals surface area (Å²) in [5.41, 5.74) is 0. The smallest absolute Gasteiger partial charge is 0.00194 e. The van der Waals surface area contributed by atoms with E-state index in [1.807, 2.05) is 0 Å². The number of rotatable bonds is 0. The van der Waals surface area contributed by atoms with Crippen LogP contribution in [0.15, 0.2) is 0 Å². The molecular formula is C6H12S. The van der Waals surface area contributed by atoms with Crippen LogP contribution in [0.3, 0.4) is 0 Å². The highest BCUT2D eigenvalue weighted by Crippen LogP contribution is 2.27. The van der Waals surface area contributed by atoms with Gasteiger partial charge in [-0.3, -0.25) is 0 Å². The van der Waals surface area contributed by atoms with E-state index in [0.29, 0.717) is 0 Å². The Hall–Kier alpha value is 0.350. The first-order chi connectivity index (χ1) is 3.29. The molecule has 0 amide bonds. The van der Waals surface area contributed by atoms with Crippen LogP contribution in [0.25, 0.3) is 0 Å². The fraction of sp³-hybridized carbons (Fsp3) is 1.00. The normalized spacial score (nSPS) is 42.0. The molecule has 42 valence electrons. The molecule has 0 aromatic rings. The van der Waals surface area contributed by atoms with Crippen LogP contribution in [0, 0.1) is 5.92 Å². The zero-order chi connectivity index (χ0) is 5.28. The molecule has 1 fully saturated rings. The second-order valence-electron chi connectivity index (χ2n) is 2.57. The first-order valence-corrected chi connectivity index (χ1v) is 3.48. The molecule has 0 radical (unpaired) electrons. The first-order valence-electron chi connectivity index (χ1n) is 2.97. The van der Waals surface area contributed by atoms with Crippen molar-refractivity contribution in [2.24, 2.45) is 5.92 Å². The van der Waals surface area contributed by atoms with Crippen molar-refractivity contribution in [3.63, 3.8) is 0 Å². The standard InChI is InChI=1S/C6H12S/c1-5-2-3-6(7)4-5/h5-7H,2-4H2,1H3/t5?,6-/m0/s1. The van der Waals surface area contributed by atoms with E-state index in [1.54, 1.807) is 0 Å². The summed E-state index contributed by atoms with van der Waals surface area (Å²) in [7, 11) is 0. The minimum Gasteiger partial charge on any atom is -0.176 e. The van der Waals surface area contributed by atoms with Gasteiger partial charge in [0, 0.05) is 5.25 Å². The predicted molar refractivity (Wildman–Crippen MR) is 35.8 cm³/mol. The van der Waals surface area contributed by atoms with Gasteiger partial charge < -0.3 is 0 Å². The summed E-state index contributed by atoms with van der Waals surface area (Å²) in [5.74, 6) is 0.947. The summed E-state index contributed by atoms with van der Waals surface area (Å²) in [4.78, 5) is 0. The molecule has 1 saturated carbocycles. The summed E-state index contributed by atoms with van der Waals surface area (Å²) in [6.07, 6.45) is 4.07. The molecule has 2 atom stereocenters. The van der Waals surface area contributed by atoms with Crippen LogP contribution in [-0.2, 0) is 0 Å². The molecule has 0 N–H and O–H groups in total. The zero-order valence-electron chi connectivity index (χ0n) is 4.72. The van der Waals surface area contributed by atoms with E-state index in [-0.39, 0.29) is 0 Å². The largest absolute Gasteiger partial charge is 0.176 e. The Morgan fingerprint density at radius 2 is 2.14 bits per heavy atom. The molecule has 0 nitrogen and oxygen atoms in total. The van der Waals surface area contributed by atoms with Crippen LogP contribution in [-0.4, -0.2) is 5.25 Å². The Labute approximate surface area is 50.7 Å². The molecule has 7 heavy (non-hydrogen) atoms. The summed E-state index contributed by atoms with van der Waals surface area (Å²) in [5, 5.41) is 0.718. The second-order valence-corrected chi connectivity index (χ2v) is 3.30. The van der Waals surface area contributed by atoms with Crippen molar-refractivity contribution in [1.29, 1.82) is 0 Å². The predicted octanol–water partition coefficient (Wildman–Crippen LogP) is 2.10. The maximum Gasteiger partial charge on any atom is 0.00194 e. The van der Waals surface area contributed by atoms with Gasteiger partial charge in [0.15, 0.2) is 0 Å². The summed E-state index contributed by atoms with van der Waals surface area (Å²) in [6, 6.07) is 0. The third kappa shape index (κ3) is 1.37. The lowest BCUT2D eigenvalue weighted by Crippen LogP contribution is -1.88. The fourth-order valence-electron chi connectivity index (χ4n) is 1.18. The molecule has 0 aliphatic heterocycles. The Balaban J connectivity index is 2.26. The lowest BCUT2D eigenvalue weighted by Gasteiger charge is -1.95. The van der Waals surface area contributed by atoms with Crippen LogP contribution in [0.5, 0.6) is 0 Å². The van der Waals surface area contributed by atoms with Gasteiger partial charge in [-0.25, -0.2) is 0 Å². The van der Waals surface area contributed by atoms with Crippen LogP contribution in [0.1, 0.15) is 26.2 Å². The third-order valence-electron chi connectivity index (χ3n) is 1.67. The van der Waals surface area contributed by atoms with Gasteiger partial charge in [0.25, 0.3) is 0 Å². The quantitative estimate of drug-likeness (QED) is 0.460. The van der Waals surface area contributed by atoms with Gasteiger partial charge in [0.05, 0.1) is 0 Å². The highest BCUT2D eigenvalue weighted by atomic mass is 32.1. The van der Waals surface area contributed by atoms with E-state index >= 15 is 0 Å². The first kappa shape index (κ1) is 5.49. The van der Waals surface area contributed by atoms with Gasteiger partial charge in [-0.2, -0.15) is 12.6 Å². The Morgan fingerprint density at radius 1 is 1.43 bits per heavy atom. The monoisotopic (exact) mass is 116 g/mol. The SMILES string of the molecule is CC1CC[C@H](S)C1. The third-order valence-corrected chi connectivity index (χ3v) is 2.14. The van der Waals surface area contributed by atoms with Gasteiger partial charge in [-0.15, -0.1) is 0 Å². The number of hydrogen-bond acceptors (Lipinski definition) is 1. The molecule has 1 heteroatoms. The van der Waals surface area contributed by atoms with Crippen molar-refractivity contribution in [3.05, 3.63) is 0 Å². The highest BCUT2D eigenvalue weighted by molar-refractivity contribution is 7.80. The average Bonchev–Trinajstić information content (AvgIpc) is 1.87. The summed E-state index contributed by atoms with van der Waals surface area (Å²) >= 11 is 4.35. The van der Waals surface area contributed by atoms with E-state index in [1.165, 1.54) is 19.3 Å². The minimum absolute atomic E-state index is 0.718. The second kappa shape index (κ2) is 2.08. The van der Waals surface area contributed by atoms with Crippen molar-refractivity contribution in [3.8, 4) is 0 Å². The van der Waals surface area contributed by atoms with Gasteiger partial charge in [0.1, 0.15) is 0 Å². The van der Waals surface area contributed by atoms with Gasteiger partial charge in [0.2, 0.25) is 0 Å². The summed E-state index contributed by atoms with van der Waals surface area (Å²) in [6.45, 7) is 2.30. The molecule has 1 rings (SSSR count). The minimum atomic E-state index is 0.718. The molecule has 0 saturated heterocycles. The zero-order valence-corrected chi connectivity index (χ0v) is 5.62. The maximum absolute atomic E-state index is 4.35. The molecule has 0 aromatic carbocycles. The lowest BCUT2D eigenvalue weighted by molar-refractivity contribution is 0.614. The highest BCUT2D eigenvalue weighted by Gasteiger charge is 2.16. The van der Waals surface area contributed by atoms with E-state index in [0.717, 1.165) is 11.2 Å². The fourth-order valence-corrected chi connectivity index (χ4v) is 1.69. The summed E-state index contributed by atoms with van der Waals surface area (Å²) < 4.78 is 0. The molecule has 1 aliphatic rings. The van der Waals surface area contributed by atoms with E-state index in [4.69, 9.17) is 0 Å². The Kier molecular flexibility index (Phi) is 1.63. The number of hydrogen-bond donors (Lipinski definition) is 1. The molecule has 0 spiro atoms. The Bertz CT molecular complexity index is 53.2. The molecule has 1 aliphatic carbocycles. The van der Waals surface area contributed by atoms with E-state index < -0.39 is 0 Å². The van der Waals surface area contributed by atoms with Gasteiger partial charge >= 0.3 is 0 Å². The Morgan fingerprint density at radius 3 is 2.29 bits per heavy atom. The molecule has 0 heterocycles. The molecular weight excluding hydrogens is 104 g/mol. The van der Waals surface area contributed by atoms with Crippen LogP contribution >= 0.6 is 12.6 Å². The van der Waals surface area contributed by atoms with Crippen molar-refractivity contribution >= 4 is 12.6 Å². The van der Waals surface area contributed by atoms with Crippen LogP contribution in [0.4, 0.5) is 0 Å². The van der Waals surface area contributed by atoms with Crippen LogP contribution < -0.4 is 0 Å². The van der Waals surface area contributed by atoms with Crippen molar-refractivity contribution < 1.29 is 0 Å². The average molecular weight is 116 g/mol. The van der Waals surface area contributed by atoms with Crippen molar-refractivity contribution in [2.45, 2.75) is 31.4 Å². The van der Waals surface area contributed by atoms with Gasteiger partial charge in [-0.1, -0.05) is 6.92 Å². The molecule has 0 aromatic heterocycles. The van der Waals surface area contributed by atoms with Crippen molar-refractivity contribution in [2.75, 3.05) is 0 Å². The van der Waals surface area contributed by atoms with E-state index in [2.05, 4.69) is 19.6 Å². The van der Waals surface area contributed by atoms with Crippen LogP contribution in [0.2, 0.25) is 0 Å². The topological polar surface area (TPSA) is 0 Å². The van der Waals surface area contributed by atoms with Gasteiger partial charge in [-0.05, 0) is 25.2 Å². The van der Waals surface area contributed by atoms with Crippen molar-refractivity contribution in [1.82, 2.24) is 0 Å². The van der Waals surface area contributed by atoms with E-state index in [9.17, 15) is 0 Å². The number of thiol groups is 1. The maximum atomic E-state index is 4.35.